The second kappa shape index (κ2) is 7.22. The first kappa shape index (κ1) is 16.4. The van der Waals surface area contributed by atoms with Crippen LogP contribution in [0.1, 0.15) is 52.9 Å². The van der Waals surface area contributed by atoms with Gasteiger partial charge in [-0.3, -0.25) is 4.79 Å². The SMILES string of the molecule is CC(C)(C)OC(=O)CC1=CCCC(C(Br)C=O)CC1. The number of alkyl halides is 1. The molecular weight excluding hydrogens is 308 g/mol. The van der Waals surface area contributed by atoms with Gasteiger partial charge in [0.05, 0.1) is 11.2 Å². The number of carbonyl (C=O) groups excluding carboxylic acids is 2. The van der Waals surface area contributed by atoms with Crippen LogP contribution in [0, 0.1) is 5.92 Å². The lowest BCUT2D eigenvalue weighted by Crippen LogP contribution is -2.24. The summed E-state index contributed by atoms with van der Waals surface area (Å²) in [7, 11) is 0. The summed E-state index contributed by atoms with van der Waals surface area (Å²) in [5.74, 6) is 0.202. The summed E-state index contributed by atoms with van der Waals surface area (Å²) in [6.45, 7) is 5.63. The summed E-state index contributed by atoms with van der Waals surface area (Å²) < 4.78 is 5.33. The molecule has 4 heteroatoms. The molecule has 0 bridgehead atoms. The van der Waals surface area contributed by atoms with Crippen molar-refractivity contribution < 1.29 is 14.3 Å². The number of ether oxygens (including phenoxy) is 1. The second-order valence-corrected chi connectivity index (χ2v) is 7.14. The Morgan fingerprint density at radius 2 is 2.21 bits per heavy atom. The molecule has 1 aliphatic rings. The number of allylic oxidation sites excluding steroid dienone is 1. The third-order valence-electron chi connectivity index (χ3n) is 3.18. The van der Waals surface area contributed by atoms with Crippen LogP contribution in [0.25, 0.3) is 0 Å². The first-order chi connectivity index (χ1) is 8.81. The Kier molecular flexibility index (Phi) is 6.24. The molecule has 19 heavy (non-hydrogen) atoms. The lowest BCUT2D eigenvalue weighted by Gasteiger charge is -2.20. The molecule has 0 fully saturated rings. The minimum atomic E-state index is -0.427. The largest absolute Gasteiger partial charge is 0.460 e. The summed E-state index contributed by atoms with van der Waals surface area (Å²) in [6.07, 6.45) is 7.21. The molecule has 0 aromatic carbocycles. The second-order valence-electron chi connectivity index (χ2n) is 6.08. The number of hydrogen-bond donors (Lipinski definition) is 0. The van der Waals surface area contributed by atoms with Crippen LogP contribution in [0.5, 0.6) is 0 Å². The average Bonchev–Trinajstić information content (AvgIpc) is 2.51. The molecule has 0 amide bonds. The standard InChI is InChI=1S/C15H23BrO3/c1-15(2,3)19-14(18)9-11-5-4-6-12(8-7-11)13(16)10-17/h5,10,12-13H,4,6-9H2,1-3H3. The zero-order chi connectivity index (χ0) is 14.5. The van der Waals surface area contributed by atoms with E-state index < -0.39 is 5.60 Å². The van der Waals surface area contributed by atoms with E-state index in [-0.39, 0.29) is 10.8 Å². The van der Waals surface area contributed by atoms with E-state index in [0.29, 0.717) is 12.3 Å². The van der Waals surface area contributed by atoms with Gasteiger partial charge in [-0.2, -0.15) is 0 Å². The summed E-state index contributed by atoms with van der Waals surface area (Å²) in [5.41, 5.74) is 0.714. The highest BCUT2D eigenvalue weighted by atomic mass is 79.9. The number of esters is 1. The topological polar surface area (TPSA) is 43.4 Å². The van der Waals surface area contributed by atoms with E-state index in [2.05, 4.69) is 22.0 Å². The molecule has 0 spiro atoms. The first-order valence-electron chi connectivity index (χ1n) is 6.81. The van der Waals surface area contributed by atoms with Gasteiger partial charge in [-0.1, -0.05) is 27.6 Å². The number of hydrogen-bond acceptors (Lipinski definition) is 3. The van der Waals surface area contributed by atoms with E-state index in [1.165, 1.54) is 0 Å². The highest BCUT2D eigenvalue weighted by molar-refractivity contribution is 9.10. The van der Waals surface area contributed by atoms with Crippen LogP contribution in [-0.2, 0) is 14.3 Å². The third kappa shape index (κ3) is 6.37. The van der Waals surface area contributed by atoms with Crippen molar-refractivity contribution in [2.45, 2.75) is 63.3 Å². The van der Waals surface area contributed by atoms with E-state index >= 15 is 0 Å². The van der Waals surface area contributed by atoms with Gasteiger partial charge >= 0.3 is 5.97 Å². The Balaban J connectivity index is 2.47. The Hall–Kier alpha value is -0.640. The molecule has 3 nitrogen and oxygen atoms in total. The third-order valence-corrected chi connectivity index (χ3v) is 4.14. The molecule has 0 aromatic heterocycles. The molecule has 0 aromatic rings. The molecule has 2 atom stereocenters. The van der Waals surface area contributed by atoms with Crippen molar-refractivity contribution in [1.82, 2.24) is 0 Å². The fraction of sp³-hybridized carbons (Fsp3) is 0.733. The average molecular weight is 331 g/mol. The number of carbonyl (C=O) groups is 2. The van der Waals surface area contributed by atoms with Crippen LogP contribution >= 0.6 is 15.9 Å². The Morgan fingerprint density at radius 1 is 1.53 bits per heavy atom. The zero-order valence-corrected chi connectivity index (χ0v) is 13.5. The highest BCUT2D eigenvalue weighted by Gasteiger charge is 2.22. The predicted octanol–water partition coefficient (Wildman–Crippen LogP) is 3.80. The van der Waals surface area contributed by atoms with Crippen molar-refractivity contribution in [3.05, 3.63) is 11.6 Å². The van der Waals surface area contributed by atoms with Gasteiger partial charge in [-0.05, 0) is 52.4 Å². The van der Waals surface area contributed by atoms with E-state index in [0.717, 1.165) is 37.5 Å². The minimum Gasteiger partial charge on any atom is -0.460 e. The fourth-order valence-electron chi connectivity index (χ4n) is 2.27. The molecule has 0 N–H and O–H groups in total. The summed E-state index contributed by atoms with van der Waals surface area (Å²) in [5, 5.41) is 0. The van der Waals surface area contributed by atoms with Crippen molar-refractivity contribution in [2.75, 3.05) is 0 Å². The lowest BCUT2D eigenvalue weighted by atomic mass is 9.96. The van der Waals surface area contributed by atoms with Crippen molar-refractivity contribution in [1.29, 1.82) is 0 Å². The van der Waals surface area contributed by atoms with Gasteiger partial charge in [-0.25, -0.2) is 0 Å². The Bertz CT molecular complexity index is 355. The van der Waals surface area contributed by atoms with Crippen molar-refractivity contribution in [3.8, 4) is 0 Å². The van der Waals surface area contributed by atoms with Gasteiger partial charge in [0.2, 0.25) is 0 Å². The van der Waals surface area contributed by atoms with Crippen LogP contribution < -0.4 is 0 Å². The molecule has 2 unspecified atom stereocenters. The van der Waals surface area contributed by atoms with E-state index in [1.807, 2.05) is 20.8 Å². The molecule has 0 saturated heterocycles. The Morgan fingerprint density at radius 3 is 2.79 bits per heavy atom. The van der Waals surface area contributed by atoms with E-state index in [9.17, 15) is 9.59 Å². The van der Waals surface area contributed by atoms with Gasteiger partial charge < -0.3 is 9.53 Å². The van der Waals surface area contributed by atoms with Crippen LogP contribution in [0.4, 0.5) is 0 Å². The van der Waals surface area contributed by atoms with Gasteiger partial charge in [0.15, 0.2) is 0 Å². The minimum absolute atomic E-state index is 0.0678. The maximum Gasteiger partial charge on any atom is 0.310 e. The quantitative estimate of drug-likeness (QED) is 0.341. The number of aldehydes is 1. The fourth-order valence-corrected chi connectivity index (χ4v) is 2.80. The van der Waals surface area contributed by atoms with Gasteiger partial charge in [0, 0.05) is 0 Å². The molecule has 0 heterocycles. The molecule has 0 saturated carbocycles. The van der Waals surface area contributed by atoms with Crippen molar-refractivity contribution >= 4 is 28.2 Å². The van der Waals surface area contributed by atoms with Crippen LogP contribution in [0.15, 0.2) is 11.6 Å². The predicted molar refractivity (Wildman–Crippen MR) is 79.3 cm³/mol. The molecule has 0 aliphatic heterocycles. The normalized spacial score (nSPS) is 22.1. The Labute approximate surface area is 123 Å². The maximum atomic E-state index is 11.8. The van der Waals surface area contributed by atoms with Gasteiger partial charge in [-0.15, -0.1) is 0 Å². The summed E-state index contributed by atoms with van der Waals surface area (Å²) >= 11 is 3.40. The van der Waals surface area contributed by atoms with Crippen LogP contribution in [0.2, 0.25) is 0 Å². The number of rotatable bonds is 4. The molecule has 1 rings (SSSR count). The summed E-state index contributed by atoms with van der Waals surface area (Å²) in [4.78, 5) is 22.5. The molecule has 108 valence electrons. The van der Waals surface area contributed by atoms with Crippen LogP contribution in [0.3, 0.4) is 0 Å². The van der Waals surface area contributed by atoms with Crippen LogP contribution in [-0.4, -0.2) is 22.7 Å². The van der Waals surface area contributed by atoms with Crippen molar-refractivity contribution in [2.24, 2.45) is 5.92 Å². The zero-order valence-electron chi connectivity index (χ0n) is 11.9. The lowest BCUT2D eigenvalue weighted by molar-refractivity contribution is -0.153. The van der Waals surface area contributed by atoms with E-state index in [4.69, 9.17) is 4.74 Å². The monoisotopic (exact) mass is 330 g/mol. The maximum absolute atomic E-state index is 11.8. The number of halogens is 1. The van der Waals surface area contributed by atoms with Gasteiger partial charge in [0.1, 0.15) is 11.9 Å². The molecule has 1 aliphatic carbocycles. The van der Waals surface area contributed by atoms with Gasteiger partial charge in [0.25, 0.3) is 0 Å². The first-order valence-corrected chi connectivity index (χ1v) is 7.72. The van der Waals surface area contributed by atoms with E-state index in [1.54, 1.807) is 0 Å². The molecular formula is C15H23BrO3. The smallest absolute Gasteiger partial charge is 0.310 e. The molecule has 0 radical (unpaired) electrons. The summed E-state index contributed by atoms with van der Waals surface area (Å²) in [6, 6.07) is 0. The van der Waals surface area contributed by atoms with Crippen molar-refractivity contribution in [3.63, 3.8) is 0 Å². The highest BCUT2D eigenvalue weighted by Crippen LogP contribution is 2.29.